The molecule has 0 bridgehead atoms. The quantitative estimate of drug-likeness (QED) is 0.546. The van der Waals surface area contributed by atoms with E-state index in [1.54, 1.807) is 67.9 Å². The topological polar surface area (TPSA) is 89.5 Å². The third-order valence-electron chi connectivity index (χ3n) is 4.50. The molecular formula is C24H25N3O4. The number of nitrogens with one attached hydrogen (secondary N) is 2. The van der Waals surface area contributed by atoms with Crippen LogP contribution in [0.1, 0.15) is 39.6 Å². The van der Waals surface area contributed by atoms with Crippen molar-refractivity contribution in [1.82, 2.24) is 10.3 Å². The lowest BCUT2D eigenvalue weighted by Crippen LogP contribution is -2.25. The molecule has 0 radical (unpaired) electrons. The van der Waals surface area contributed by atoms with Gasteiger partial charge >= 0.3 is 0 Å². The Morgan fingerprint density at radius 1 is 0.968 bits per heavy atom. The van der Waals surface area contributed by atoms with Crippen molar-refractivity contribution < 1.29 is 19.1 Å². The molecule has 0 aliphatic carbocycles. The van der Waals surface area contributed by atoms with E-state index in [1.165, 1.54) is 0 Å². The van der Waals surface area contributed by atoms with Crippen LogP contribution in [0.15, 0.2) is 66.9 Å². The molecule has 2 aromatic carbocycles. The van der Waals surface area contributed by atoms with E-state index in [0.717, 1.165) is 12.0 Å². The van der Waals surface area contributed by atoms with E-state index in [1.807, 2.05) is 13.0 Å². The van der Waals surface area contributed by atoms with Gasteiger partial charge < -0.3 is 20.1 Å². The van der Waals surface area contributed by atoms with Crippen molar-refractivity contribution in [2.24, 2.45) is 0 Å². The Kier molecular flexibility index (Phi) is 7.59. The molecule has 0 saturated heterocycles. The summed E-state index contributed by atoms with van der Waals surface area (Å²) in [7, 11) is 1.56. The number of carbonyl (C=O) groups excluding carboxylic acids is 2. The van der Waals surface area contributed by atoms with Gasteiger partial charge in [-0.1, -0.05) is 25.1 Å². The minimum atomic E-state index is -0.314. The molecule has 3 aromatic rings. The first-order valence-corrected chi connectivity index (χ1v) is 10.0. The van der Waals surface area contributed by atoms with Gasteiger partial charge in [-0.2, -0.15) is 0 Å². The van der Waals surface area contributed by atoms with E-state index >= 15 is 0 Å². The van der Waals surface area contributed by atoms with Crippen LogP contribution < -0.4 is 20.1 Å². The van der Waals surface area contributed by atoms with Crippen LogP contribution in [0.5, 0.6) is 11.6 Å². The number of ether oxygens (including phenoxy) is 2. The third-order valence-corrected chi connectivity index (χ3v) is 4.50. The number of rotatable bonds is 9. The molecule has 7 nitrogen and oxygen atoms in total. The van der Waals surface area contributed by atoms with Crippen molar-refractivity contribution >= 4 is 17.5 Å². The molecule has 31 heavy (non-hydrogen) atoms. The number of aromatic nitrogens is 1. The van der Waals surface area contributed by atoms with Crippen LogP contribution in [0.25, 0.3) is 0 Å². The van der Waals surface area contributed by atoms with Crippen LogP contribution >= 0.6 is 0 Å². The Labute approximate surface area is 181 Å². The zero-order chi connectivity index (χ0) is 22.1. The maximum Gasteiger partial charge on any atom is 0.255 e. The van der Waals surface area contributed by atoms with Crippen LogP contribution in [-0.2, 0) is 6.54 Å². The third kappa shape index (κ3) is 5.82. The monoisotopic (exact) mass is 419 g/mol. The summed E-state index contributed by atoms with van der Waals surface area (Å²) in [6.45, 7) is 2.83. The Morgan fingerprint density at radius 2 is 1.74 bits per heavy atom. The predicted molar refractivity (Wildman–Crippen MR) is 119 cm³/mol. The fourth-order valence-corrected chi connectivity index (χ4v) is 2.89. The molecule has 0 aliphatic heterocycles. The molecule has 0 saturated carbocycles. The number of hydrogen-bond donors (Lipinski definition) is 2. The number of pyridine rings is 1. The van der Waals surface area contributed by atoms with Crippen molar-refractivity contribution in [2.45, 2.75) is 19.9 Å². The summed E-state index contributed by atoms with van der Waals surface area (Å²) in [5.41, 5.74) is 2.03. The summed E-state index contributed by atoms with van der Waals surface area (Å²) < 4.78 is 10.8. The van der Waals surface area contributed by atoms with Crippen molar-refractivity contribution in [1.29, 1.82) is 0 Å². The molecule has 1 heterocycles. The van der Waals surface area contributed by atoms with Crippen molar-refractivity contribution in [2.75, 3.05) is 19.0 Å². The van der Waals surface area contributed by atoms with Gasteiger partial charge in [0.2, 0.25) is 5.88 Å². The molecular weight excluding hydrogens is 394 g/mol. The normalized spacial score (nSPS) is 10.3. The van der Waals surface area contributed by atoms with Gasteiger partial charge in [0.15, 0.2) is 0 Å². The van der Waals surface area contributed by atoms with E-state index < -0.39 is 0 Å². The van der Waals surface area contributed by atoms with Gasteiger partial charge in [-0.25, -0.2) is 4.98 Å². The first kappa shape index (κ1) is 21.8. The summed E-state index contributed by atoms with van der Waals surface area (Å²) in [5.74, 6) is 0.543. The second-order valence-corrected chi connectivity index (χ2v) is 6.73. The minimum absolute atomic E-state index is 0.256. The summed E-state index contributed by atoms with van der Waals surface area (Å²) in [5, 5.41) is 5.68. The summed E-state index contributed by atoms with van der Waals surface area (Å²) >= 11 is 0. The average Bonchev–Trinajstić information content (AvgIpc) is 2.82. The van der Waals surface area contributed by atoms with Crippen molar-refractivity contribution in [3.05, 3.63) is 83.6 Å². The fourth-order valence-electron chi connectivity index (χ4n) is 2.89. The van der Waals surface area contributed by atoms with Gasteiger partial charge in [-0.15, -0.1) is 0 Å². The Morgan fingerprint density at radius 3 is 2.48 bits per heavy atom. The number of anilines is 1. The molecule has 3 rings (SSSR count). The van der Waals surface area contributed by atoms with Crippen LogP contribution in [0.4, 0.5) is 5.69 Å². The van der Waals surface area contributed by atoms with Crippen molar-refractivity contribution in [3.63, 3.8) is 0 Å². The second-order valence-electron chi connectivity index (χ2n) is 6.73. The Bertz CT molecular complexity index is 1040. The number of methoxy groups -OCH3 is 1. The standard InChI is InChI=1S/C24H25N3O4/c1-3-15-31-24-18(7-6-14-25-24)16-26-23(29)20-8-4-5-9-21(20)27-22(28)17-10-12-19(30-2)13-11-17/h4-14H,3,15-16H2,1-2H3,(H,26,29)(H,27,28). The van der Waals surface area contributed by atoms with Crippen LogP contribution in [0.3, 0.4) is 0 Å². The zero-order valence-electron chi connectivity index (χ0n) is 17.6. The summed E-state index contributed by atoms with van der Waals surface area (Å²) in [6, 6.07) is 17.3. The first-order chi connectivity index (χ1) is 15.1. The van der Waals surface area contributed by atoms with Gasteiger partial charge in [0.1, 0.15) is 5.75 Å². The molecule has 0 unspecified atom stereocenters. The van der Waals surface area contributed by atoms with E-state index in [9.17, 15) is 9.59 Å². The first-order valence-electron chi connectivity index (χ1n) is 10.0. The fraction of sp³-hybridized carbons (Fsp3) is 0.208. The van der Waals surface area contributed by atoms with E-state index in [-0.39, 0.29) is 18.4 Å². The van der Waals surface area contributed by atoms with Gasteiger partial charge in [-0.05, 0) is 48.9 Å². The maximum atomic E-state index is 12.8. The number of nitrogens with zero attached hydrogens (tertiary/aromatic N) is 1. The highest BCUT2D eigenvalue weighted by Crippen LogP contribution is 2.19. The Balaban J connectivity index is 1.69. The molecule has 0 aliphatic rings. The molecule has 0 atom stereocenters. The molecule has 2 amide bonds. The highest BCUT2D eigenvalue weighted by molar-refractivity contribution is 6.09. The van der Waals surface area contributed by atoms with Crippen molar-refractivity contribution in [3.8, 4) is 11.6 Å². The highest BCUT2D eigenvalue weighted by atomic mass is 16.5. The van der Waals surface area contributed by atoms with Crippen LogP contribution in [0.2, 0.25) is 0 Å². The smallest absolute Gasteiger partial charge is 0.255 e. The molecule has 1 aromatic heterocycles. The molecule has 2 N–H and O–H groups in total. The number of para-hydroxylation sites is 1. The lowest BCUT2D eigenvalue weighted by molar-refractivity contribution is 0.0951. The molecule has 0 fully saturated rings. The Hall–Kier alpha value is -3.87. The lowest BCUT2D eigenvalue weighted by Gasteiger charge is -2.13. The molecule has 160 valence electrons. The highest BCUT2D eigenvalue weighted by Gasteiger charge is 2.15. The number of hydrogen-bond acceptors (Lipinski definition) is 5. The van der Waals surface area contributed by atoms with Gasteiger partial charge in [0.25, 0.3) is 11.8 Å². The largest absolute Gasteiger partial charge is 0.497 e. The van der Waals surface area contributed by atoms with Gasteiger partial charge in [0.05, 0.1) is 25.0 Å². The van der Waals surface area contributed by atoms with Gasteiger partial charge in [0, 0.05) is 23.9 Å². The number of amides is 2. The van der Waals surface area contributed by atoms with E-state index in [0.29, 0.717) is 35.1 Å². The SMILES string of the molecule is CCCOc1ncccc1CNC(=O)c1ccccc1NC(=O)c1ccc(OC)cc1. The minimum Gasteiger partial charge on any atom is -0.497 e. The average molecular weight is 419 g/mol. The predicted octanol–water partition coefficient (Wildman–Crippen LogP) is 4.06. The van der Waals surface area contributed by atoms with E-state index in [4.69, 9.17) is 9.47 Å². The lowest BCUT2D eigenvalue weighted by atomic mass is 10.1. The molecule has 7 heteroatoms. The molecule has 0 spiro atoms. The number of benzene rings is 2. The van der Waals surface area contributed by atoms with Gasteiger partial charge in [-0.3, -0.25) is 9.59 Å². The zero-order valence-corrected chi connectivity index (χ0v) is 17.6. The van der Waals surface area contributed by atoms with Crippen LogP contribution in [0, 0.1) is 0 Å². The second kappa shape index (κ2) is 10.8. The van der Waals surface area contributed by atoms with E-state index in [2.05, 4.69) is 15.6 Å². The summed E-state index contributed by atoms with van der Waals surface area (Å²) in [4.78, 5) is 29.7. The summed E-state index contributed by atoms with van der Waals surface area (Å²) in [6.07, 6.45) is 2.52. The number of carbonyl (C=O) groups is 2. The van der Waals surface area contributed by atoms with Crippen LogP contribution in [-0.4, -0.2) is 30.5 Å². The maximum absolute atomic E-state index is 12.8.